The van der Waals surface area contributed by atoms with Crippen molar-refractivity contribution in [3.8, 4) is 0 Å². The van der Waals surface area contributed by atoms with Crippen LogP contribution in [-0.4, -0.2) is 61.1 Å². The van der Waals surface area contributed by atoms with Crippen LogP contribution in [0.2, 0.25) is 0 Å². The highest BCUT2D eigenvalue weighted by molar-refractivity contribution is 7.88. The van der Waals surface area contributed by atoms with Crippen LogP contribution >= 0.6 is 12.2 Å². The third kappa shape index (κ3) is 3.87. The van der Waals surface area contributed by atoms with E-state index in [0.717, 1.165) is 38.8 Å². The molecule has 0 radical (unpaired) electrons. The third-order valence-electron chi connectivity index (χ3n) is 4.14. The highest BCUT2D eigenvalue weighted by Crippen LogP contribution is 2.24. The Balaban J connectivity index is 1.94. The van der Waals surface area contributed by atoms with Crippen LogP contribution in [0.4, 0.5) is 0 Å². The van der Waals surface area contributed by atoms with Gasteiger partial charge in [-0.25, -0.2) is 12.7 Å². The van der Waals surface area contributed by atoms with Crippen molar-refractivity contribution in [3.05, 3.63) is 0 Å². The molecule has 2 saturated heterocycles. The van der Waals surface area contributed by atoms with Gasteiger partial charge in [0.2, 0.25) is 10.0 Å². The van der Waals surface area contributed by atoms with Crippen molar-refractivity contribution in [2.24, 2.45) is 11.7 Å². The van der Waals surface area contributed by atoms with Gasteiger partial charge in [0.15, 0.2) is 0 Å². The van der Waals surface area contributed by atoms with Gasteiger partial charge in [0.1, 0.15) is 0 Å². The molecule has 2 N–H and O–H groups in total. The summed E-state index contributed by atoms with van der Waals surface area (Å²) in [5.41, 5.74) is 5.77. The fourth-order valence-electron chi connectivity index (χ4n) is 3.18. The molecule has 0 amide bonds. The van der Waals surface area contributed by atoms with Crippen LogP contribution in [0.1, 0.15) is 25.7 Å². The number of sulfonamides is 1. The van der Waals surface area contributed by atoms with Crippen molar-refractivity contribution < 1.29 is 8.42 Å². The van der Waals surface area contributed by atoms with E-state index in [4.69, 9.17) is 18.0 Å². The maximum atomic E-state index is 11.6. The van der Waals surface area contributed by atoms with E-state index < -0.39 is 10.0 Å². The minimum absolute atomic E-state index is 0.212. The van der Waals surface area contributed by atoms with Crippen LogP contribution in [0.15, 0.2) is 0 Å². The molecule has 2 fully saturated rings. The number of rotatable bonds is 4. The molecule has 7 heteroatoms. The first-order valence-corrected chi connectivity index (χ1v) is 9.12. The summed E-state index contributed by atoms with van der Waals surface area (Å²) in [7, 11) is -3.06. The zero-order valence-electron chi connectivity index (χ0n) is 11.4. The smallest absolute Gasteiger partial charge is 0.211 e. The summed E-state index contributed by atoms with van der Waals surface area (Å²) in [5, 5.41) is 0. The van der Waals surface area contributed by atoms with E-state index in [0.29, 0.717) is 24.0 Å². The second-order valence-corrected chi connectivity index (χ2v) is 8.14. The molecule has 2 aliphatic heterocycles. The van der Waals surface area contributed by atoms with Crippen LogP contribution in [0.5, 0.6) is 0 Å². The summed E-state index contributed by atoms with van der Waals surface area (Å²) in [4.78, 5) is 2.91. The maximum absolute atomic E-state index is 11.6. The average molecular weight is 305 g/mol. The Kier molecular flexibility index (Phi) is 4.81. The van der Waals surface area contributed by atoms with Crippen molar-refractivity contribution in [2.45, 2.75) is 31.7 Å². The molecule has 2 aliphatic rings. The second kappa shape index (κ2) is 6.03. The molecule has 110 valence electrons. The molecular weight excluding hydrogens is 282 g/mol. The molecule has 5 nitrogen and oxygen atoms in total. The van der Waals surface area contributed by atoms with Gasteiger partial charge in [-0.15, -0.1) is 0 Å². The molecule has 0 bridgehead atoms. The zero-order valence-corrected chi connectivity index (χ0v) is 13.0. The number of hydrogen-bond donors (Lipinski definition) is 1. The van der Waals surface area contributed by atoms with Crippen LogP contribution in [0.3, 0.4) is 0 Å². The second-order valence-electron chi connectivity index (χ2n) is 5.68. The van der Waals surface area contributed by atoms with Gasteiger partial charge in [0.25, 0.3) is 0 Å². The van der Waals surface area contributed by atoms with Crippen molar-refractivity contribution in [1.82, 2.24) is 9.21 Å². The Hall–Kier alpha value is -0.240. The molecule has 0 aromatic carbocycles. The van der Waals surface area contributed by atoms with Gasteiger partial charge in [-0.05, 0) is 38.1 Å². The predicted octanol–water partition coefficient (Wildman–Crippen LogP) is 0.409. The lowest BCUT2D eigenvalue weighted by atomic mass is 9.98. The summed E-state index contributed by atoms with van der Waals surface area (Å²) in [6.07, 6.45) is 5.50. The fourth-order valence-corrected chi connectivity index (χ4v) is 4.38. The average Bonchev–Trinajstić information content (AvgIpc) is 2.76. The minimum atomic E-state index is -3.06. The maximum Gasteiger partial charge on any atom is 0.211 e. The highest BCUT2D eigenvalue weighted by atomic mass is 32.2. The van der Waals surface area contributed by atoms with E-state index in [1.165, 1.54) is 6.26 Å². The number of nitrogens with two attached hydrogens (primary N) is 1. The first kappa shape index (κ1) is 15.2. The van der Waals surface area contributed by atoms with Gasteiger partial charge in [-0.1, -0.05) is 12.2 Å². The van der Waals surface area contributed by atoms with Gasteiger partial charge < -0.3 is 5.73 Å². The first-order chi connectivity index (χ1) is 8.88. The third-order valence-corrected chi connectivity index (χ3v) is 5.68. The number of hydrogen-bond acceptors (Lipinski definition) is 4. The zero-order chi connectivity index (χ0) is 14.0. The number of thiocarbonyl (C=S) groups is 1. The Morgan fingerprint density at radius 2 is 2.00 bits per heavy atom. The van der Waals surface area contributed by atoms with E-state index in [2.05, 4.69) is 4.90 Å². The summed E-state index contributed by atoms with van der Waals surface area (Å²) in [6.45, 7) is 3.23. The largest absolute Gasteiger partial charge is 0.392 e. The molecule has 2 unspecified atom stereocenters. The quantitative estimate of drug-likeness (QED) is 0.762. The first-order valence-electron chi connectivity index (χ1n) is 6.86. The van der Waals surface area contributed by atoms with E-state index in [1.807, 2.05) is 0 Å². The molecule has 0 aromatic heterocycles. The summed E-state index contributed by atoms with van der Waals surface area (Å²) in [6, 6.07) is 0.212. The summed E-state index contributed by atoms with van der Waals surface area (Å²) < 4.78 is 24.8. The number of likely N-dealkylation sites (tertiary alicyclic amines) is 1. The van der Waals surface area contributed by atoms with Crippen LogP contribution < -0.4 is 5.73 Å². The highest BCUT2D eigenvalue weighted by Gasteiger charge is 2.32. The fraction of sp³-hybridized carbons (Fsp3) is 0.917. The van der Waals surface area contributed by atoms with Crippen LogP contribution in [0.25, 0.3) is 0 Å². The van der Waals surface area contributed by atoms with Crippen molar-refractivity contribution in [2.75, 3.05) is 32.4 Å². The molecule has 2 atom stereocenters. The van der Waals surface area contributed by atoms with E-state index in [9.17, 15) is 8.42 Å². The van der Waals surface area contributed by atoms with E-state index in [1.54, 1.807) is 4.31 Å². The van der Waals surface area contributed by atoms with Crippen LogP contribution in [0, 0.1) is 5.92 Å². The Labute approximate surface area is 121 Å². The van der Waals surface area contributed by atoms with E-state index >= 15 is 0 Å². The monoisotopic (exact) mass is 305 g/mol. The lowest BCUT2D eigenvalue weighted by Crippen LogP contribution is -2.46. The van der Waals surface area contributed by atoms with Crippen LogP contribution in [-0.2, 0) is 10.0 Å². The van der Waals surface area contributed by atoms with Crippen molar-refractivity contribution in [1.29, 1.82) is 0 Å². The minimum Gasteiger partial charge on any atom is -0.392 e. The normalized spacial score (nSPS) is 30.6. The van der Waals surface area contributed by atoms with Gasteiger partial charge >= 0.3 is 0 Å². The molecule has 2 rings (SSSR count). The topological polar surface area (TPSA) is 66.6 Å². The van der Waals surface area contributed by atoms with Gasteiger partial charge in [0.05, 0.1) is 17.3 Å². The molecule has 2 heterocycles. The number of piperidine rings is 1. The lowest BCUT2D eigenvalue weighted by Gasteiger charge is -2.34. The lowest BCUT2D eigenvalue weighted by molar-refractivity contribution is 0.188. The Morgan fingerprint density at radius 3 is 2.63 bits per heavy atom. The van der Waals surface area contributed by atoms with Gasteiger partial charge in [0, 0.05) is 19.6 Å². The standard InChI is InChI=1S/C12H23N3O2S2/c1-19(16,17)15-7-2-4-10(9-15)8-14-6-3-5-11(14)12(13)18/h10-11H,2-9H2,1H3,(H2,13,18). The Bertz CT molecular complexity index is 438. The van der Waals surface area contributed by atoms with Crippen molar-refractivity contribution >= 4 is 27.2 Å². The number of nitrogens with zero attached hydrogens (tertiary/aromatic N) is 2. The molecule has 0 saturated carbocycles. The molecule has 0 spiro atoms. The Morgan fingerprint density at radius 1 is 1.32 bits per heavy atom. The molecule has 19 heavy (non-hydrogen) atoms. The molecular formula is C12H23N3O2S2. The van der Waals surface area contributed by atoms with Crippen molar-refractivity contribution in [3.63, 3.8) is 0 Å². The van der Waals surface area contributed by atoms with E-state index in [-0.39, 0.29) is 6.04 Å². The SMILES string of the molecule is CS(=O)(=O)N1CCCC(CN2CCCC2C(N)=S)C1. The molecule has 0 aliphatic carbocycles. The summed E-state index contributed by atoms with van der Waals surface area (Å²) in [5.74, 6) is 0.401. The summed E-state index contributed by atoms with van der Waals surface area (Å²) >= 11 is 5.11. The predicted molar refractivity (Wildman–Crippen MR) is 80.5 cm³/mol. The van der Waals surface area contributed by atoms with Gasteiger partial charge in [-0.2, -0.15) is 0 Å². The molecule has 0 aromatic rings. The van der Waals surface area contributed by atoms with Gasteiger partial charge in [-0.3, -0.25) is 4.90 Å².